The molecular weight excluding hydrogens is 574 g/mol. The molecule has 38 heavy (non-hydrogen) atoms. The van der Waals surface area contributed by atoms with Crippen LogP contribution in [0, 0.1) is 5.92 Å². The molecule has 0 unspecified atom stereocenters. The molecule has 7 nitrogen and oxygen atoms in total. The fourth-order valence-corrected chi connectivity index (χ4v) is 5.64. The molecular formula is C27H18Cl4N2O5. The van der Waals surface area contributed by atoms with Gasteiger partial charge in [0.25, 0.3) is 11.8 Å². The topological polar surface area (TPSA) is 84.0 Å². The Hall–Kier alpha value is -3.10. The lowest BCUT2D eigenvalue weighted by molar-refractivity contribution is -0.139. The van der Waals surface area contributed by atoms with Crippen molar-refractivity contribution < 1.29 is 23.9 Å². The van der Waals surface area contributed by atoms with Crippen molar-refractivity contribution in [1.29, 1.82) is 0 Å². The number of rotatable bonds is 5. The van der Waals surface area contributed by atoms with E-state index < -0.39 is 23.7 Å². The monoisotopic (exact) mass is 590 g/mol. The van der Waals surface area contributed by atoms with Crippen LogP contribution in [0.25, 0.3) is 0 Å². The lowest BCUT2D eigenvalue weighted by atomic mass is 10.1. The molecule has 0 bridgehead atoms. The van der Waals surface area contributed by atoms with Gasteiger partial charge in [0.15, 0.2) is 0 Å². The Kier molecular flexibility index (Phi) is 7.13. The van der Waals surface area contributed by atoms with Crippen LogP contribution < -0.4 is 9.64 Å². The molecule has 0 aromatic heterocycles. The summed E-state index contributed by atoms with van der Waals surface area (Å²) in [5.41, 5.74) is 0.915. The molecule has 1 fully saturated rings. The van der Waals surface area contributed by atoms with Gasteiger partial charge in [-0.15, -0.1) is 0 Å². The number of likely N-dealkylation sites (tertiary alicyclic amines) is 1. The van der Waals surface area contributed by atoms with Crippen molar-refractivity contribution in [2.75, 3.05) is 11.4 Å². The van der Waals surface area contributed by atoms with Crippen molar-refractivity contribution in [3.8, 4) is 5.75 Å². The number of anilines is 1. The van der Waals surface area contributed by atoms with Crippen molar-refractivity contribution >= 4 is 75.8 Å². The summed E-state index contributed by atoms with van der Waals surface area (Å²) >= 11 is 24.5. The maximum Gasteiger partial charge on any atom is 0.316 e. The number of hydrogen-bond acceptors (Lipinski definition) is 5. The standard InChI is InChI=1S/C27H18Cl4N2O5/c1-13(14-5-3-2-4-6-14)32-12-15(11-18(32)34)27(37)38-17-9-7-16(8-10-17)33-25(35)19-20(26(33)36)22(29)24(31)23(30)21(19)28/h2-10,13,15H,11-12H2,1H3/t13-,15+/m1/s1. The van der Waals surface area contributed by atoms with Crippen LogP contribution in [0.5, 0.6) is 5.75 Å². The fourth-order valence-electron chi connectivity index (χ4n) is 4.62. The SMILES string of the molecule is C[C@H](c1ccccc1)N1C[C@@H](C(=O)Oc2ccc(N3C(=O)c4c(Cl)c(Cl)c(Cl)c(Cl)c4C3=O)cc2)CC1=O. The summed E-state index contributed by atoms with van der Waals surface area (Å²) in [6, 6.07) is 15.2. The summed E-state index contributed by atoms with van der Waals surface area (Å²) in [5, 5.41) is -0.567. The summed E-state index contributed by atoms with van der Waals surface area (Å²) < 4.78 is 5.50. The Labute approximate surface area is 237 Å². The second-order valence-corrected chi connectivity index (χ2v) is 10.4. The fraction of sp³-hybridized carbons (Fsp3) is 0.185. The number of nitrogens with zero attached hydrogens (tertiary/aromatic N) is 2. The van der Waals surface area contributed by atoms with Crippen LogP contribution >= 0.6 is 46.4 Å². The van der Waals surface area contributed by atoms with Crippen LogP contribution in [0.4, 0.5) is 5.69 Å². The molecule has 3 amide bonds. The van der Waals surface area contributed by atoms with Crippen molar-refractivity contribution in [3.63, 3.8) is 0 Å². The van der Waals surface area contributed by atoms with Gasteiger partial charge in [0, 0.05) is 13.0 Å². The zero-order chi connectivity index (χ0) is 27.3. The summed E-state index contributed by atoms with van der Waals surface area (Å²) in [7, 11) is 0. The van der Waals surface area contributed by atoms with Gasteiger partial charge in [0.1, 0.15) is 5.75 Å². The predicted octanol–water partition coefficient (Wildman–Crippen LogP) is 6.62. The van der Waals surface area contributed by atoms with Gasteiger partial charge in [-0.25, -0.2) is 4.90 Å². The number of imide groups is 1. The number of ether oxygens (including phenoxy) is 1. The molecule has 0 spiro atoms. The molecule has 2 heterocycles. The first kappa shape index (κ1) is 26.5. The molecule has 2 aliphatic heterocycles. The lowest BCUT2D eigenvalue weighted by Crippen LogP contribution is -2.30. The number of carbonyl (C=O) groups is 4. The molecule has 0 N–H and O–H groups in total. The first-order valence-corrected chi connectivity index (χ1v) is 13.0. The van der Waals surface area contributed by atoms with Crippen LogP contribution in [-0.4, -0.2) is 35.1 Å². The summed E-state index contributed by atoms with van der Waals surface area (Å²) in [6.45, 7) is 2.16. The van der Waals surface area contributed by atoms with Gasteiger partial charge in [-0.05, 0) is 36.8 Å². The quantitative estimate of drug-likeness (QED) is 0.109. The van der Waals surface area contributed by atoms with E-state index in [1.54, 1.807) is 4.90 Å². The average Bonchev–Trinajstić information content (AvgIpc) is 3.43. The lowest BCUT2D eigenvalue weighted by Gasteiger charge is -2.25. The minimum absolute atomic E-state index is 0.0514. The highest BCUT2D eigenvalue weighted by atomic mass is 35.5. The molecule has 3 aromatic rings. The summed E-state index contributed by atoms with van der Waals surface area (Å²) in [6.07, 6.45) is 0.0514. The van der Waals surface area contributed by atoms with Crippen LogP contribution in [0.1, 0.15) is 45.7 Å². The van der Waals surface area contributed by atoms with Crippen LogP contribution in [0.3, 0.4) is 0 Å². The Morgan fingerprint density at radius 3 is 1.95 bits per heavy atom. The van der Waals surface area contributed by atoms with Crippen molar-refractivity contribution in [3.05, 3.63) is 91.4 Å². The van der Waals surface area contributed by atoms with Gasteiger partial charge in [-0.1, -0.05) is 76.7 Å². The maximum absolute atomic E-state index is 13.0. The highest BCUT2D eigenvalue weighted by Crippen LogP contribution is 2.45. The van der Waals surface area contributed by atoms with E-state index in [0.29, 0.717) is 0 Å². The van der Waals surface area contributed by atoms with E-state index in [0.717, 1.165) is 10.5 Å². The molecule has 3 aromatic carbocycles. The third-order valence-electron chi connectivity index (χ3n) is 6.66. The summed E-state index contributed by atoms with van der Waals surface area (Å²) in [5.74, 6) is -2.52. The average molecular weight is 592 g/mol. The number of benzene rings is 3. The van der Waals surface area contributed by atoms with Crippen LogP contribution in [0.2, 0.25) is 20.1 Å². The molecule has 5 rings (SSSR count). The zero-order valence-electron chi connectivity index (χ0n) is 19.7. The van der Waals surface area contributed by atoms with Crippen LogP contribution in [0.15, 0.2) is 54.6 Å². The van der Waals surface area contributed by atoms with Crippen molar-refractivity contribution in [1.82, 2.24) is 4.90 Å². The third-order valence-corrected chi connectivity index (χ3v) is 8.46. The Morgan fingerprint density at radius 1 is 0.842 bits per heavy atom. The number of amides is 3. The predicted molar refractivity (Wildman–Crippen MR) is 144 cm³/mol. The number of fused-ring (bicyclic) bond motifs is 1. The summed E-state index contributed by atoms with van der Waals surface area (Å²) in [4.78, 5) is 54.1. The molecule has 0 radical (unpaired) electrons. The molecule has 11 heteroatoms. The van der Waals surface area contributed by atoms with Crippen molar-refractivity contribution in [2.45, 2.75) is 19.4 Å². The van der Waals surface area contributed by atoms with E-state index >= 15 is 0 Å². The van der Waals surface area contributed by atoms with Crippen LogP contribution in [-0.2, 0) is 9.59 Å². The van der Waals surface area contributed by atoms with Gasteiger partial charge in [-0.3, -0.25) is 19.2 Å². The molecule has 1 saturated heterocycles. The molecule has 0 saturated carbocycles. The van der Waals surface area contributed by atoms with E-state index in [1.807, 2.05) is 37.3 Å². The highest BCUT2D eigenvalue weighted by molar-refractivity contribution is 6.56. The first-order valence-electron chi connectivity index (χ1n) is 11.5. The molecule has 0 aliphatic carbocycles. The van der Waals surface area contributed by atoms with E-state index in [-0.39, 0.29) is 67.6 Å². The van der Waals surface area contributed by atoms with Crippen molar-refractivity contribution in [2.24, 2.45) is 5.92 Å². The van der Waals surface area contributed by atoms with E-state index in [4.69, 9.17) is 51.1 Å². The van der Waals surface area contributed by atoms with Gasteiger partial charge < -0.3 is 9.64 Å². The van der Waals surface area contributed by atoms with Gasteiger partial charge in [0.2, 0.25) is 5.91 Å². The van der Waals surface area contributed by atoms with E-state index in [2.05, 4.69) is 0 Å². The first-order chi connectivity index (χ1) is 18.1. The van der Waals surface area contributed by atoms with Gasteiger partial charge in [0.05, 0.1) is 48.9 Å². The number of carbonyl (C=O) groups excluding carboxylic acids is 4. The Bertz CT molecular complexity index is 1450. The normalized spacial score (nSPS) is 17.7. The second-order valence-electron chi connectivity index (χ2n) is 8.90. The molecule has 2 aliphatic rings. The number of esters is 1. The Balaban J connectivity index is 1.29. The molecule has 2 atom stereocenters. The largest absolute Gasteiger partial charge is 0.426 e. The number of hydrogen-bond donors (Lipinski definition) is 0. The number of halogens is 4. The smallest absolute Gasteiger partial charge is 0.316 e. The second kappa shape index (κ2) is 10.2. The minimum Gasteiger partial charge on any atom is -0.426 e. The maximum atomic E-state index is 13.0. The van der Waals surface area contributed by atoms with E-state index in [1.165, 1.54) is 24.3 Å². The van der Waals surface area contributed by atoms with Gasteiger partial charge in [-0.2, -0.15) is 0 Å². The van der Waals surface area contributed by atoms with E-state index in [9.17, 15) is 19.2 Å². The minimum atomic E-state index is -0.711. The van der Waals surface area contributed by atoms with Gasteiger partial charge >= 0.3 is 5.97 Å². The highest BCUT2D eigenvalue weighted by Gasteiger charge is 2.42. The zero-order valence-corrected chi connectivity index (χ0v) is 22.7. The Morgan fingerprint density at radius 2 is 1.39 bits per heavy atom. The third kappa shape index (κ3) is 4.43. The molecule has 194 valence electrons.